The normalized spacial score (nSPS) is 10.4. The fraction of sp³-hybridized carbons (Fsp3) is 0.103. The minimum Gasteiger partial charge on any atom is -0.482 e. The van der Waals surface area contributed by atoms with Crippen LogP contribution in [0.15, 0.2) is 97.1 Å². The number of carbonyl (C=O) groups excluding carboxylic acids is 2. The topological polar surface area (TPSA) is 76.7 Å². The third-order valence-electron chi connectivity index (χ3n) is 5.27. The van der Waals surface area contributed by atoms with Crippen LogP contribution in [-0.4, -0.2) is 25.0 Å². The van der Waals surface area contributed by atoms with Crippen molar-refractivity contribution in [2.75, 3.05) is 23.8 Å². The van der Waals surface area contributed by atoms with Gasteiger partial charge in [0, 0.05) is 11.4 Å². The Bertz CT molecular complexity index is 1250. The SMILES string of the molecule is O=C(COc1ccccc1Cl)Nc1ccc(Cc2ccc(NC(=O)COc3ccccc3Cl)cc2)cc1. The first-order valence-electron chi connectivity index (χ1n) is 11.5. The molecule has 0 bridgehead atoms. The van der Waals surface area contributed by atoms with Gasteiger partial charge in [-0.3, -0.25) is 9.59 Å². The summed E-state index contributed by atoms with van der Waals surface area (Å²) in [6, 6.07) is 29.2. The highest BCUT2D eigenvalue weighted by atomic mass is 35.5. The first-order valence-corrected chi connectivity index (χ1v) is 12.2. The van der Waals surface area contributed by atoms with Gasteiger partial charge in [0.05, 0.1) is 10.0 Å². The second kappa shape index (κ2) is 12.8. The van der Waals surface area contributed by atoms with Gasteiger partial charge in [0.25, 0.3) is 11.8 Å². The highest BCUT2D eigenvalue weighted by Gasteiger charge is 2.08. The molecule has 0 saturated carbocycles. The molecule has 4 aromatic rings. The van der Waals surface area contributed by atoms with Crippen LogP contribution in [0.5, 0.6) is 11.5 Å². The Morgan fingerprint density at radius 2 is 0.946 bits per heavy atom. The van der Waals surface area contributed by atoms with Crippen LogP contribution in [0, 0.1) is 0 Å². The molecule has 0 atom stereocenters. The minimum absolute atomic E-state index is 0.138. The molecular weight excluding hydrogens is 511 g/mol. The summed E-state index contributed by atoms with van der Waals surface area (Å²) in [7, 11) is 0. The number of carbonyl (C=O) groups is 2. The zero-order chi connectivity index (χ0) is 26.0. The maximum Gasteiger partial charge on any atom is 0.262 e. The van der Waals surface area contributed by atoms with E-state index in [9.17, 15) is 9.59 Å². The van der Waals surface area contributed by atoms with Crippen molar-refractivity contribution in [3.05, 3.63) is 118 Å². The molecule has 0 heterocycles. The van der Waals surface area contributed by atoms with Crippen LogP contribution in [0.3, 0.4) is 0 Å². The van der Waals surface area contributed by atoms with Gasteiger partial charge >= 0.3 is 0 Å². The molecule has 2 N–H and O–H groups in total. The van der Waals surface area contributed by atoms with E-state index in [4.69, 9.17) is 32.7 Å². The second-order valence-corrected chi connectivity index (χ2v) is 8.92. The standard InChI is InChI=1S/C29H24Cl2N2O4/c30-24-5-1-3-7-26(24)36-18-28(34)32-22-13-9-20(10-14-22)17-21-11-15-23(16-12-21)33-29(35)19-37-27-8-4-2-6-25(27)31/h1-16H,17-19H2,(H,32,34)(H,33,35). The number of anilines is 2. The first-order chi connectivity index (χ1) is 18.0. The second-order valence-electron chi connectivity index (χ2n) is 8.11. The molecule has 2 amide bonds. The van der Waals surface area contributed by atoms with Crippen LogP contribution in [0.25, 0.3) is 0 Å². The molecule has 188 valence electrons. The van der Waals surface area contributed by atoms with Gasteiger partial charge < -0.3 is 20.1 Å². The molecule has 4 aromatic carbocycles. The van der Waals surface area contributed by atoms with Crippen LogP contribution in [0.1, 0.15) is 11.1 Å². The maximum atomic E-state index is 12.2. The molecule has 0 aliphatic carbocycles. The summed E-state index contributed by atoms with van der Waals surface area (Å²) in [6.07, 6.45) is 0.702. The van der Waals surface area contributed by atoms with Gasteiger partial charge in [-0.05, 0) is 66.1 Å². The summed E-state index contributed by atoms with van der Waals surface area (Å²) in [4.78, 5) is 24.4. The number of halogens is 2. The van der Waals surface area contributed by atoms with E-state index in [1.165, 1.54) is 0 Å². The summed E-state index contributed by atoms with van der Waals surface area (Å²) in [5, 5.41) is 6.53. The fourth-order valence-electron chi connectivity index (χ4n) is 3.45. The van der Waals surface area contributed by atoms with Crippen LogP contribution in [0.2, 0.25) is 10.0 Å². The van der Waals surface area contributed by atoms with Gasteiger partial charge in [0.15, 0.2) is 13.2 Å². The Morgan fingerprint density at radius 1 is 0.568 bits per heavy atom. The highest BCUT2D eigenvalue weighted by Crippen LogP contribution is 2.24. The van der Waals surface area contributed by atoms with Crippen molar-refractivity contribution < 1.29 is 19.1 Å². The van der Waals surface area contributed by atoms with Gasteiger partial charge in [-0.1, -0.05) is 71.7 Å². The molecule has 4 rings (SSSR count). The molecule has 0 aliphatic heterocycles. The van der Waals surface area contributed by atoms with E-state index in [1.807, 2.05) is 48.5 Å². The monoisotopic (exact) mass is 534 g/mol. The van der Waals surface area contributed by atoms with E-state index < -0.39 is 0 Å². The van der Waals surface area contributed by atoms with E-state index in [0.717, 1.165) is 11.1 Å². The number of rotatable bonds is 10. The lowest BCUT2D eigenvalue weighted by Gasteiger charge is -2.10. The van der Waals surface area contributed by atoms with E-state index in [1.54, 1.807) is 48.5 Å². The third-order valence-corrected chi connectivity index (χ3v) is 5.90. The Morgan fingerprint density at radius 3 is 1.32 bits per heavy atom. The Hall–Kier alpha value is -4.00. The van der Waals surface area contributed by atoms with Crippen LogP contribution in [0.4, 0.5) is 11.4 Å². The largest absolute Gasteiger partial charge is 0.482 e. The first kappa shape index (κ1) is 26.1. The number of hydrogen-bond donors (Lipinski definition) is 2. The smallest absolute Gasteiger partial charge is 0.262 e. The van der Waals surface area contributed by atoms with Crippen molar-refractivity contribution in [1.29, 1.82) is 0 Å². The van der Waals surface area contributed by atoms with Crippen molar-refractivity contribution in [3.8, 4) is 11.5 Å². The molecule has 8 heteroatoms. The average molecular weight is 535 g/mol. The Labute approximate surface area is 225 Å². The predicted octanol–water partition coefficient (Wildman–Crippen LogP) is 6.62. The molecule has 0 aromatic heterocycles. The lowest BCUT2D eigenvalue weighted by Crippen LogP contribution is -2.20. The lowest BCUT2D eigenvalue weighted by atomic mass is 10.0. The minimum atomic E-state index is -0.275. The van der Waals surface area contributed by atoms with Gasteiger partial charge in [0.2, 0.25) is 0 Å². The summed E-state index contributed by atoms with van der Waals surface area (Å²) in [5.74, 6) is 0.376. The zero-order valence-electron chi connectivity index (χ0n) is 19.7. The molecule has 6 nitrogen and oxygen atoms in total. The highest BCUT2D eigenvalue weighted by molar-refractivity contribution is 6.32. The van der Waals surface area contributed by atoms with Crippen molar-refractivity contribution in [3.63, 3.8) is 0 Å². The maximum absolute atomic E-state index is 12.2. The molecule has 0 saturated heterocycles. The quantitative estimate of drug-likeness (QED) is 0.239. The van der Waals surface area contributed by atoms with Gasteiger partial charge in [0.1, 0.15) is 11.5 Å². The number of ether oxygens (including phenoxy) is 2. The van der Waals surface area contributed by atoms with Crippen LogP contribution >= 0.6 is 23.2 Å². The zero-order valence-corrected chi connectivity index (χ0v) is 21.3. The molecule has 37 heavy (non-hydrogen) atoms. The van der Waals surface area contributed by atoms with Gasteiger partial charge in [-0.25, -0.2) is 0 Å². The summed E-state index contributed by atoms with van der Waals surface area (Å²) in [6.45, 7) is -0.277. The van der Waals surface area contributed by atoms with E-state index in [0.29, 0.717) is 39.3 Å². The van der Waals surface area contributed by atoms with E-state index in [2.05, 4.69) is 10.6 Å². The van der Waals surface area contributed by atoms with Crippen LogP contribution in [-0.2, 0) is 16.0 Å². The Kier molecular flexibility index (Phi) is 9.03. The fourth-order valence-corrected chi connectivity index (χ4v) is 3.83. The van der Waals surface area contributed by atoms with Crippen molar-refractivity contribution >= 4 is 46.4 Å². The van der Waals surface area contributed by atoms with E-state index >= 15 is 0 Å². The number of nitrogens with one attached hydrogen (secondary N) is 2. The number of benzene rings is 4. The van der Waals surface area contributed by atoms with Gasteiger partial charge in [-0.15, -0.1) is 0 Å². The van der Waals surface area contributed by atoms with Gasteiger partial charge in [-0.2, -0.15) is 0 Å². The third kappa shape index (κ3) is 8.00. The molecule has 0 fully saturated rings. The Balaban J connectivity index is 1.22. The van der Waals surface area contributed by atoms with Crippen molar-refractivity contribution in [2.45, 2.75) is 6.42 Å². The van der Waals surface area contributed by atoms with E-state index in [-0.39, 0.29) is 25.0 Å². The molecule has 0 radical (unpaired) electrons. The molecule has 0 unspecified atom stereocenters. The number of hydrogen-bond acceptors (Lipinski definition) is 4. The molecular formula is C29H24Cl2N2O4. The molecule has 0 spiro atoms. The lowest BCUT2D eigenvalue weighted by molar-refractivity contribution is -0.118. The summed E-state index contributed by atoms with van der Waals surface area (Å²) >= 11 is 12.1. The summed E-state index contributed by atoms with van der Waals surface area (Å²) < 4.78 is 10.9. The number of amides is 2. The average Bonchev–Trinajstić information content (AvgIpc) is 2.90. The summed E-state index contributed by atoms with van der Waals surface area (Å²) in [5.41, 5.74) is 3.51. The van der Waals surface area contributed by atoms with Crippen LogP contribution < -0.4 is 20.1 Å². The van der Waals surface area contributed by atoms with Crippen molar-refractivity contribution in [1.82, 2.24) is 0 Å². The van der Waals surface area contributed by atoms with Crippen molar-refractivity contribution in [2.24, 2.45) is 0 Å². The molecule has 0 aliphatic rings. The number of para-hydroxylation sites is 2. The predicted molar refractivity (Wildman–Crippen MR) is 147 cm³/mol.